The van der Waals surface area contributed by atoms with E-state index in [1.165, 1.54) is 12.1 Å². The Balaban J connectivity index is 1.55. The average molecular weight is 454 g/mol. The van der Waals surface area contributed by atoms with E-state index in [4.69, 9.17) is 16.0 Å². The van der Waals surface area contributed by atoms with Gasteiger partial charge < -0.3 is 4.42 Å². The summed E-state index contributed by atoms with van der Waals surface area (Å²) >= 11 is 9.28. The molecule has 0 bridgehead atoms. The summed E-state index contributed by atoms with van der Waals surface area (Å²) in [6.07, 6.45) is 3.91. The van der Waals surface area contributed by atoms with E-state index in [0.29, 0.717) is 26.9 Å². The standard InChI is InChI=1S/C18H14BrClN2O3S/c19-15-8-5-13(9-16(15)20)22-26(23,24)14-6-3-11(4-7-14)17-10-21-18(25-17)12-1-2-12/h3-10,12,22H,1-2H2. The Morgan fingerprint density at radius 3 is 2.54 bits per heavy atom. The third-order valence-corrected chi connectivity index (χ3v) is 6.70. The summed E-state index contributed by atoms with van der Waals surface area (Å²) in [5.41, 5.74) is 1.18. The van der Waals surface area contributed by atoms with Gasteiger partial charge in [0.15, 0.2) is 11.7 Å². The Morgan fingerprint density at radius 2 is 1.88 bits per heavy atom. The van der Waals surface area contributed by atoms with Crippen LogP contribution in [-0.4, -0.2) is 13.4 Å². The molecular weight excluding hydrogens is 440 g/mol. The van der Waals surface area contributed by atoms with Crippen molar-refractivity contribution in [2.75, 3.05) is 4.72 Å². The van der Waals surface area contributed by atoms with Crippen molar-refractivity contribution in [1.82, 2.24) is 4.98 Å². The third-order valence-electron chi connectivity index (χ3n) is 4.07. The monoisotopic (exact) mass is 452 g/mol. The molecular formula is C18H14BrClN2O3S. The quantitative estimate of drug-likeness (QED) is 0.558. The minimum Gasteiger partial charge on any atom is -0.440 e. The fourth-order valence-electron chi connectivity index (χ4n) is 2.51. The Labute approximate surface area is 164 Å². The maximum Gasteiger partial charge on any atom is 0.261 e. The number of aromatic nitrogens is 1. The highest BCUT2D eigenvalue weighted by atomic mass is 79.9. The lowest BCUT2D eigenvalue weighted by molar-refractivity contribution is 0.509. The number of benzene rings is 2. The molecule has 1 saturated carbocycles. The number of anilines is 1. The highest BCUT2D eigenvalue weighted by Gasteiger charge is 2.28. The molecule has 1 aliphatic carbocycles. The van der Waals surface area contributed by atoms with Gasteiger partial charge in [0.2, 0.25) is 0 Å². The van der Waals surface area contributed by atoms with Gasteiger partial charge in [0.1, 0.15) is 0 Å². The fourth-order valence-corrected chi connectivity index (χ4v) is 3.99. The van der Waals surface area contributed by atoms with Gasteiger partial charge in [0.05, 0.1) is 21.8 Å². The highest BCUT2D eigenvalue weighted by molar-refractivity contribution is 9.10. The maximum atomic E-state index is 12.5. The first-order valence-corrected chi connectivity index (χ1v) is 10.6. The summed E-state index contributed by atoms with van der Waals surface area (Å²) < 4.78 is 34.1. The molecule has 26 heavy (non-hydrogen) atoms. The van der Waals surface area contributed by atoms with Crippen molar-refractivity contribution in [3.63, 3.8) is 0 Å². The maximum absolute atomic E-state index is 12.5. The molecule has 0 spiro atoms. The highest BCUT2D eigenvalue weighted by Crippen LogP contribution is 2.40. The zero-order chi connectivity index (χ0) is 18.3. The van der Waals surface area contributed by atoms with Crippen molar-refractivity contribution >= 4 is 43.2 Å². The van der Waals surface area contributed by atoms with Crippen LogP contribution < -0.4 is 4.72 Å². The molecule has 1 aromatic heterocycles. The minimum atomic E-state index is -3.71. The number of nitrogens with zero attached hydrogens (tertiary/aromatic N) is 1. The van der Waals surface area contributed by atoms with Crippen molar-refractivity contribution < 1.29 is 12.8 Å². The van der Waals surface area contributed by atoms with Gasteiger partial charge in [0, 0.05) is 16.0 Å². The van der Waals surface area contributed by atoms with E-state index in [1.807, 2.05) is 0 Å². The largest absolute Gasteiger partial charge is 0.440 e. The van der Waals surface area contributed by atoms with Crippen molar-refractivity contribution in [3.8, 4) is 11.3 Å². The molecule has 2 aromatic carbocycles. The molecule has 8 heteroatoms. The summed E-state index contributed by atoms with van der Waals surface area (Å²) in [6.45, 7) is 0. The van der Waals surface area contributed by atoms with E-state index in [0.717, 1.165) is 24.3 Å². The molecule has 0 saturated heterocycles. The van der Waals surface area contributed by atoms with Crippen LogP contribution in [0.25, 0.3) is 11.3 Å². The Hall–Kier alpha value is -1.83. The molecule has 134 valence electrons. The van der Waals surface area contributed by atoms with Gasteiger partial charge in [-0.2, -0.15) is 0 Å². The molecule has 0 unspecified atom stereocenters. The summed E-state index contributed by atoms with van der Waals surface area (Å²) in [4.78, 5) is 4.44. The number of rotatable bonds is 5. The van der Waals surface area contributed by atoms with Crippen LogP contribution in [-0.2, 0) is 10.0 Å². The van der Waals surface area contributed by atoms with Gasteiger partial charge in [0.25, 0.3) is 10.0 Å². The van der Waals surface area contributed by atoms with E-state index in [1.54, 1.807) is 36.5 Å². The van der Waals surface area contributed by atoms with E-state index in [2.05, 4.69) is 25.6 Å². The molecule has 1 aliphatic rings. The van der Waals surface area contributed by atoms with Crippen molar-refractivity contribution in [1.29, 1.82) is 0 Å². The van der Waals surface area contributed by atoms with Gasteiger partial charge in [-0.05, 0) is 71.2 Å². The van der Waals surface area contributed by atoms with Crippen LogP contribution >= 0.6 is 27.5 Å². The van der Waals surface area contributed by atoms with Crippen LogP contribution in [0.15, 0.2) is 62.4 Å². The van der Waals surface area contributed by atoms with E-state index in [-0.39, 0.29) is 4.90 Å². The number of nitrogens with one attached hydrogen (secondary N) is 1. The number of halogens is 2. The Morgan fingerprint density at radius 1 is 1.15 bits per heavy atom. The molecule has 4 rings (SSSR count). The second-order valence-corrected chi connectivity index (χ2v) is 9.04. The van der Waals surface area contributed by atoms with Gasteiger partial charge in [-0.15, -0.1) is 0 Å². The van der Waals surface area contributed by atoms with Gasteiger partial charge in [-0.1, -0.05) is 11.6 Å². The third kappa shape index (κ3) is 3.65. The first-order chi connectivity index (χ1) is 12.4. The number of hydrogen-bond acceptors (Lipinski definition) is 4. The van der Waals surface area contributed by atoms with Crippen LogP contribution in [0.5, 0.6) is 0 Å². The lowest BCUT2D eigenvalue weighted by atomic mass is 10.2. The van der Waals surface area contributed by atoms with Gasteiger partial charge in [-0.25, -0.2) is 13.4 Å². The smallest absolute Gasteiger partial charge is 0.261 e. The average Bonchev–Trinajstić information content (AvgIpc) is 3.35. The van der Waals surface area contributed by atoms with Crippen molar-refractivity contribution in [2.45, 2.75) is 23.7 Å². The molecule has 5 nitrogen and oxygen atoms in total. The predicted octanol–water partition coefficient (Wildman–Crippen LogP) is 5.44. The molecule has 1 fully saturated rings. The lowest BCUT2D eigenvalue weighted by Crippen LogP contribution is -2.12. The number of oxazole rings is 1. The summed E-state index contributed by atoms with van der Waals surface area (Å²) in [5.74, 6) is 1.83. The van der Waals surface area contributed by atoms with Crippen molar-refractivity contribution in [2.24, 2.45) is 0 Å². The van der Waals surface area contributed by atoms with Crippen LogP contribution in [0.1, 0.15) is 24.7 Å². The fraction of sp³-hybridized carbons (Fsp3) is 0.167. The molecule has 1 heterocycles. The second kappa shape index (κ2) is 6.72. The Kier molecular flexibility index (Phi) is 4.54. The van der Waals surface area contributed by atoms with Crippen LogP contribution in [0.3, 0.4) is 0 Å². The minimum absolute atomic E-state index is 0.155. The predicted molar refractivity (Wildman–Crippen MR) is 104 cm³/mol. The second-order valence-electron chi connectivity index (χ2n) is 6.10. The summed E-state index contributed by atoms with van der Waals surface area (Å²) in [6, 6.07) is 11.4. The zero-order valence-electron chi connectivity index (χ0n) is 13.4. The van der Waals surface area contributed by atoms with Crippen LogP contribution in [0.2, 0.25) is 5.02 Å². The van der Waals surface area contributed by atoms with E-state index >= 15 is 0 Å². The van der Waals surface area contributed by atoms with E-state index < -0.39 is 10.0 Å². The summed E-state index contributed by atoms with van der Waals surface area (Å²) in [7, 11) is -3.71. The van der Waals surface area contributed by atoms with Crippen LogP contribution in [0.4, 0.5) is 5.69 Å². The first-order valence-electron chi connectivity index (χ1n) is 7.96. The molecule has 0 amide bonds. The number of hydrogen-bond donors (Lipinski definition) is 1. The molecule has 0 atom stereocenters. The normalized spacial score (nSPS) is 14.4. The lowest BCUT2D eigenvalue weighted by Gasteiger charge is -2.09. The molecule has 3 aromatic rings. The SMILES string of the molecule is O=S(=O)(Nc1ccc(Br)c(Cl)c1)c1ccc(-c2cnc(C3CC3)o2)cc1. The van der Waals surface area contributed by atoms with E-state index in [9.17, 15) is 8.42 Å². The van der Waals surface area contributed by atoms with Crippen molar-refractivity contribution in [3.05, 3.63) is 64.0 Å². The summed E-state index contributed by atoms with van der Waals surface area (Å²) in [5, 5.41) is 0.428. The van der Waals surface area contributed by atoms with Gasteiger partial charge in [-0.3, -0.25) is 4.72 Å². The topological polar surface area (TPSA) is 72.2 Å². The molecule has 1 N–H and O–H groups in total. The Bertz CT molecular complexity index is 1060. The zero-order valence-corrected chi connectivity index (χ0v) is 16.6. The molecule has 0 aliphatic heterocycles. The van der Waals surface area contributed by atoms with Crippen LogP contribution in [0, 0.1) is 0 Å². The molecule has 0 radical (unpaired) electrons. The number of sulfonamides is 1. The van der Waals surface area contributed by atoms with Gasteiger partial charge >= 0.3 is 0 Å². The first kappa shape index (κ1) is 17.6.